The molecule has 2 nitrogen and oxygen atoms in total. The molecule has 0 saturated carbocycles. The first-order valence-corrected chi connectivity index (χ1v) is 4.64. The molecular weight excluding hydrogens is 160 g/mol. The Hall–Kier alpha value is -1.05. The standard InChI is InChI=1S/C11H18N2/c1-9-10(6-5-7-12-9)13-8-11(2,3)4/h5-7,13H,8H2,1-4H3. The molecule has 1 rings (SSSR count). The summed E-state index contributed by atoms with van der Waals surface area (Å²) in [7, 11) is 0. The fourth-order valence-corrected chi connectivity index (χ4v) is 1.03. The summed E-state index contributed by atoms with van der Waals surface area (Å²) in [5, 5.41) is 3.39. The first kappa shape index (κ1) is 10.0. The molecule has 0 aliphatic rings. The van der Waals surface area contributed by atoms with E-state index >= 15 is 0 Å². The number of aryl methyl sites for hydroxylation is 1. The van der Waals surface area contributed by atoms with Crippen molar-refractivity contribution in [2.24, 2.45) is 5.41 Å². The summed E-state index contributed by atoms with van der Waals surface area (Å²) in [6.45, 7) is 9.63. The second kappa shape index (κ2) is 3.77. The van der Waals surface area contributed by atoms with E-state index in [9.17, 15) is 0 Å². The van der Waals surface area contributed by atoms with Crippen LogP contribution in [0.25, 0.3) is 0 Å². The van der Waals surface area contributed by atoms with Gasteiger partial charge in [0.15, 0.2) is 0 Å². The molecule has 2 heteroatoms. The highest BCUT2D eigenvalue weighted by Crippen LogP contribution is 2.16. The lowest BCUT2D eigenvalue weighted by Gasteiger charge is -2.20. The number of hydrogen-bond acceptors (Lipinski definition) is 2. The number of rotatable bonds is 2. The molecular formula is C11H18N2. The maximum atomic E-state index is 4.22. The van der Waals surface area contributed by atoms with Gasteiger partial charge in [0.05, 0.1) is 11.4 Å². The Morgan fingerprint density at radius 1 is 1.38 bits per heavy atom. The van der Waals surface area contributed by atoms with Crippen LogP contribution in [0.15, 0.2) is 18.3 Å². The van der Waals surface area contributed by atoms with Gasteiger partial charge in [-0.05, 0) is 24.5 Å². The molecule has 0 aliphatic heterocycles. The molecule has 1 aromatic rings. The minimum atomic E-state index is 0.308. The van der Waals surface area contributed by atoms with Gasteiger partial charge in [0, 0.05) is 12.7 Å². The first-order chi connectivity index (χ1) is 5.99. The van der Waals surface area contributed by atoms with E-state index < -0.39 is 0 Å². The SMILES string of the molecule is Cc1ncccc1NCC(C)(C)C. The monoisotopic (exact) mass is 178 g/mol. The fraction of sp³-hybridized carbons (Fsp3) is 0.545. The Bertz CT molecular complexity index is 274. The molecule has 1 N–H and O–H groups in total. The Labute approximate surface area is 80.4 Å². The largest absolute Gasteiger partial charge is 0.383 e. The van der Waals surface area contributed by atoms with Crippen LogP contribution in [0.4, 0.5) is 5.69 Å². The summed E-state index contributed by atoms with van der Waals surface area (Å²) in [6, 6.07) is 4.02. The third-order valence-corrected chi connectivity index (χ3v) is 1.82. The topological polar surface area (TPSA) is 24.9 Å². The molecule has 0 aromatic carbocycles. The van der Waals surface area contributed by atoms with E-state index in [1.807, 2.05) is 19.2 Å². The second-order valence-corrected chi connectivity index (χ2v) is 4.55. The normalized spacial score (nSPS) is 11.4. The van der Waals surface area contributed by atoms with Crippen LogP contribution in [0.1, 0.15) is 26.5 Å². The third-order valence-electron chi connectivity index (χ3n) is 1.82. The van der Waals surface area contributed by atoms with Crippen molar-refractivity contribution in [1.29, 1.82) is 0 Å². The van der Waals surface area contributed by atoms with Crippen molar-refractivity contribution in [3.63, 3.8) is 0 Å². The van der Waals surface area contributed by atoms with Gasteiger partial charge in [0.25, 0.3) is 0 Å². The summed E-state index contributed by atoms with van der Waals surface area (Å²) in [5.41, 5.74) is 2.51. The molecule has 72 valence electrons. The summed E-state index contributed by atoms with van der Waals surface area (Å²) >= 11 is 0. The summed E-state index contributed by atoms with van der Waals surface area (Å²) in [4.78, 5) is 4.22. The lowest BCUT2D eigenvalue weighted by atomic mass is 9.97. The van der Waals surface area contributed by atoms with Crippen molar-refractivity contribution in [2.45, 2.75) is 27.7 Å². The fourth-order valence-electron chi connectivity index (χ4n) is 1.03. The second-order valence-electron chi connectivity index (χ2n) is 4.55. The maximum absolute atomic E-state index is 4.22. The number of nitrogens with zero attached hydrogens (tertiary/aromatic N) is 1. The zero-order valence-electron chi connectivity index (χ0n) is 8.89. The molecule has 0 bridgehead atoms. The van der Waals surface area contributed by atoms with Crippen LogP contribution in [-0.2, 0) is 0 Å². The van der Waals surface area contributed by atoms with Gasteiger partial charge >= 0.3 is 0 Å². The quantitative estimate of drug-likeness (QED) is 0.753. The van der Waals surface area contributed by atoms with Crippen molar-refractivity contribution < 1.29 is 0 Å². The van der Waals surface area contributed by atoms with Crippen molar-refractivity contribution in [3.05, 3.63) is 24.0 Å². The predicted molar refractivity (Wildman–Crippen MR) is 56.9 cm³/mol. The first-order valence-electron chi connectivity index (χ1n) is 4.64. The Balaban J connectivity index is 2.60. The average molecular weight is 178 g/mol. The van der Waals surface area contributed by atoms with Crippen LogP contribution in [0.5, 0.6) is 0 Å². The minimum absolute atomic E-state index is 0.308. The molecule has 1 aromatic heterocycles. The van der Waals surface area contributed by atoms with Gasteiger partial charge in [-0.25, -0.2) is 0 Å². The van der Waals surface area contributed by atoms with Crippen molar-refractivity contribution in [3.8, 4) is 0 Å². The Morgan fingerprint density at radius 3 is 2.62 bits per heavy atom. The molecule has 0 fully saturated rings. The van der Waals surface area contributed by atoms with Gasteiger partial charge in [-0.1, -0.05) is 20.8 Å². The van der Waals surface area contributed by atoms with Crippen molar-refractivity contribution in [2.75, 3.05) is 11.9 Å². The number of anilines is 1. The summed E-state index contributed by atoms with van der Waals surface area (Å²) < 4.78 is 0. The molecule has 0 atom stereocenters. The zero-order chi connectivity index (χ0) is 9.90. The van der Waals surface area contributed by atoms with Crippen LogP contribution in [0, 0.1) is 12.3 Å². The molecule has 0 radical (unpaired) electrons. The van der Waals surface area contributed by atoms with E-state index in [4.69, 9.17) is 0 Å². The molecule has 0 aliphatic carbocycles. The molecule has 0 amide bonds. The molecule has 0 saturated heterocycles. The molecule has 1 heterocycles. The van der Waals surface area contributed by atoms with Crippen molar-refractivity contribution >= 4 is 5.69 Å². The summed E-state index contributed by atoms with van der Waals surface area (Å²) in [5.74, 6) is 0. The minimum Gasteiger partial charge on any atom is -0.383 e. The van der Waals surface area contributed by atoms with Gasteiger partial charge in [0.1, 0.15) is 0 Å². The molecule has 0 spiro atoms. The van der Waals surface area contributed by atoms with Crippen molar-refractivity contribution in [1.82, 2.24) is 4.98 Å². The van der Waals surface area contributed by atoms with Gasteiger partial charge in [0.2, 0.25) is 0 Å². The summed E-state index contributed by atoms with van der Waals surface area (Å²) in [6.07, 6.45) is 1.82. The Morgan fingerprint density at radius 2 is 2.08 bits per heavy atom. The highest BCUT2D eigenvalue weighted by atomic mass is 14.9. The Kier molecular flexibility index (Phi) is 2.91. The smallest absolute Gasteiger partial charge is 0.0603 e. The van der Waals surface area contributed by atoms with E-state index in [-0.39, 0.29) is 0 Å². The zero-order valence-corrected chi connectivity index (χ0v) is 8.89. The van der Waals surface area contributed by atoms with E-state index in [0.717, 1.165) is 17.9 Å². The number of pyridine rings is 1. The number of nitrogens with one attached hydrogen (secondary N) is 1. The molecule has 13 heavy (non-hydrogen) atoms. The maximum Gasteiger partial charge on any atom is 0.0603 e. The lowest BCUT2D eigenvalue weighted by Crippen LogP contribution is -2.19. The van der Waals surface area contributed by atoms with E-state index in [0.29, 0.717) is 5.41 Å². The molecule has 0 unspecified atom stereocenters. The number of aromatic nitrogens is 1. The number of hydrogen-bond donors (Lipinski definition) is 1. The van der Waals surface area contributed by atoms with E-state index in [1.165, 1.54) is 0 Å². The van der Waals surface area contributed by atoms with E-state index in [2.05, 4.69) is 37.1 Å². The van der Waals surface area contributed by atoms with Crippen LogP contribution in [-0.4, -0.2) is 11.5 Å². The van der Waals surface area contributed by atoms with Crippen LogP contribution < -0.4 is 5.32 Å². The predicted octanol–water partition coefficient (Wildman–Crippen LogP) is 2.85. The van der Waals surface area contributed by atoms with Gasteiger partial charge in [-0.15, -0.1) is 0 Å². The average Bonchev–Trinajstić information content (AvgIpc) is 2.01. The van der Waals surface area contributed by atoms with E-state index in [1.54, 1.807) is 0 Å². The van der Waals surface area contributed by atoms with Gasteiger partial charge in [-0.3, -0.25) is 4.98 Å². The third kappa shape index (κ3) is 3.45. The van der Waals surface area contributed by atoms with Gasteiger partial charge in [-0.2, -0.15) is 0 Å². The van der Waals surface area contributed by atoms with Crippen LogP contribution in [0.2, 0.25) is 0 Å². The highest BCUT2D eigenvalue weighted by Gasteiger charge is 2.09. The van der Waals surface area contributed by atoms with Crippen LogP contribution >= 0.6 is 0 Å². The van der Waals surface area contributed by atoms with Gasteiger partial charge < -0.3 is 5.32 Å². The lowest BCUT2D eigenvalue weighted by molar-refractivity contribution is 0.443. The van der Waals surface area contributed by atoms with Crippen LogP contribution in [0.3, 0.4) is 0 Å². The highest BCUT2D eigenvalue weighted by molar-refractivity contribution is 5.46.